The minimum Gasteiger partial charge on any atom is -0.467 e. The van der Waals surface area contributed by atoms with Gasteiger partial charge in [-0.25, -0.2) is 0 Å². The van der Waals surface area contributed by atoms with Crippen LogP contribution in [0.25, 0.3) is 0 Å². The lowest BCUT2D eigenvalue weighted by Gasteiger charge is -2.07. The Kier molecular flexibility index (Phi) is 6.56. The number of rotatable bonds is 9. The average Bonchev–Trinajstić information content (AvgIpc) is 3.04. The summed E-state index contributed by atoms with van der Waals surface area (Å²) in [5, 5.41) is 2.72. The van der Waals surface area contributed by atoms with E-state index in [9.17, 15) is 13.6 Å². The number of alkyl halides is 2. The molecule has 23 heavy (non-hydrogen) atoms. The normalized spacial score (nSPS) is 10.7. The van der Waals surface area contributed by atoms with Gasteiger partial charge in [-0.15, -0.1) is 0 Å². The number of carbonyl (C=O) groups is 1. The molecule has 0 bridgehead atoms. The maximum atomic E-state index is 12.0. The minimum absolute atomic E-state index is 0.0166. The van der Waals surface area contributed by atoms with Crippen molar-refractivity contribution < 1.29 is 27.5 Å². The van der Waals surface area contributed by atoms with Crippen LogP contribution >= 0.6 is 0 Å². The quantitative estimate of drug-likeness (QED) is 0.719. The van der Waals surface area contributed by atoms with Crippen LogP contribution in [0.1, 0.15) is 22.5 Å². The summed E-state index contributed by atoms with van der Waals surface area (Å²) in [4.78, 5) is 11.8. The van der Waals surface area contributed by atoms with Crippen molar-refractivity contribution in [1.82, 2.24) is 5.32 Å². The van der Waals surface area contributed by atoms with Crippen LogP contribution in [0.5, 0.6) is 5.75 Å². The van der Waals surface area contributed by atoms with Gasteiger partial charge in [0, 0.05) is 18.7 Å². The van der Waals surface area contributed by atoms with Crippen LogP contribution in [0.4, 0.5) is 8.78 Å². The molecule has 2 rings (SSSR count). The summed E-state index contributed by atoms with van der Waals surface area (Å²) >= 11 is 0. The number of carbonyl (C=O) groups excluding carboxylic acids is 1. The Morgan fingerprint density at radius 3 is 2.65 bits per heavy atom. The highest BCUT2D eigenvalue weighted by Crippen LogP contribution is 2.14. The number of halogens is 2. The number of hydrogen-bond donors (Lipinski definition) is 1. The first-order valence-electron chi connectivity index (χ1n) is 7.08. The summed E-state index contributed by atoms with van der Waals surface area (Å²) in [5.41, 5.74) is 0.378. The Balaban J connectivity index is 1.62. The average molecular weight is 325 g/mol. The van der Waals surface area contributed by atoms with Crippen LogP contribution < -0.4 is 10.1 Å². The summed E-state index contributed by atoms with van der Waals surface area (Å²) in [6, 6.07) is 9.13. The molecule has 1 amide bonds. The highest BCUT2D eigenvalue weighted by Gasteiger charge is 2.07. The fourth-order valence-electron chi connectivity index (χ4n) is 1.83. The molecule has 1 N–H and O–H groups in total. The highest BCUT2D eigenvalue weighted by atomic mass is 19.3. The molecular weight excluding hydrogens is 308 g/mol. The lowest BCUT2D eigenvalue weighted by atomic mass is 10.2. The first-order valence-corrected chi connectivity index (χ1v) is 7.08. The Hall–Kier alpha value is -2.41. The molecule has 7 heteroatoms. The van der Waals surface area contributed by atoms with Crippen molar-refractivity contribution in [3.8, 4) is 5.75 Å². The molecule has 0 aliphatic rings. The van der Waals surface area contributed by atoms with E-state index in [0.717, 1.165) is 5.76 Å². The molecule has 0 aliphatic heterocycles. The molecule has 1 aromatic heterocycles. The maximum absolute atomic E-state index is 12.0. The number of ether oxygens (including phenoxy) is 2. The fourth-order valence-corrected chi connectivity index (χ4v) is 1.83. The van der Waals surface area contributed by atoms with Gasteiger partial charge in [-0.3, -0.25) is 4.79 Å². The Morgan fingerprint density at radius 1 is 1.22 bits per heavy atom. The molecule has 0 radical (unpaired) electrons. The SMILES string of the molecule is O=C(NCCCOCc1ccco1)c1ccc(OC(F)F)cc1. The molecule has 5 nitrogen and oxygen atoms in total. The summed E-state index contributed by atoms with van der Waals surface area (Å²) < 4.78 is 38.8. The topological polar surface area (TPSA) is 60.7 Å². The monoisotopic (exact) mass is 325 g/mol. The van der Waals surface area contributed by atoms with Crippen molar-refractivity contribution in [3.05, 3.63) is 54.0 Å². The molecule has 1 heterocycles. The van der Waals surface area contributed by atoms with E-state index in [2.05, 4.69) is 10.1 Å². The second-order valence-electron chi connectivity index (χ2n) is 4.64. The van der Waals surface area contributed by atoms with Gasteiger partial charge in [0.05, 0.1) is 6.26 Å². The van der Waals surface area contributed by atoms with E-state index in [1.54, 1.807) is 12.3 Å². The molecule has 0 fully saturated rings. The van der Waals surface area contributed by atoms with Gasteiger partial charge in [-0.1, -0.05) is 0 Å². The smallest absolute Gasteiger partial charge is 0.387 e. The van der Waals surface area contributed by atoms with E-state index in [4.69, 9.17) is 9.15 Å². The second-order valence-corrected chi connectivity index (χ2v) is 4.64. The van der Waals surface area contributed by atoms with Gasteiger partial charge in [0.15, 0.2) is 0 Å². The van der Waals surface area contributed by atoms with Gasteiger partial charge >= 0.3 is 6.61 Å². The molecular formula is C16H17F2NO4. The van der Waals surface area contributed by atoms with Crippen molar-refractivity contribution in [2.24, 2.45) is 0 Å². The van der Waals surface area contributed by atoms with E-state index >= 15 is 0 Å². The van der Waals surface area contributed by atoms with Crippen LogP contribution in [-0.2, 0) is 11.3 Å². The zero-order valence-corrected chi connectivity index (χ0v) is 12.3. The summed E-state index contributed by atoms with van der Waals surface area (Å²) in [5.74, 6) is 0.489. The molecule has 1 aromatic carbocycles. The number of benzene rings is 1. The number of nitrogens with one attached hydrogen (secondary N) is 1. The summed E-state index contributed by atoms with van der Waals surface area (Å²) in [7, 11) is 0. The van der Waals surface area contributed by atoms with Crippen molar-refractivity contribution in [3.63, 3.8) is 0 Å². The van der Waals surface area contributed by atoms with E-state index in [1.165, 1.54) is 24.3 Å². The molecule has 0 atom stereocenters. The molecule has 2 aromatic rings. The Bertz CT molecular complexity index is 585. The standard InChI is InChI=1S/C16H17F2NO4/c17-16(18)23-13-6-4-12(5-7-13)15(20)19-8-2-9-21-11-14-3-1-10-22-14/h1,3-7,10,16H,2,8-9,11H2,(H,19,20). The van der Waals surface area contributed by atoms with Crippen molar-refractivity contribution in [2.75, 3.05) is 13.2 Å². The van der Waals surface area contributed by atoms with Crippen LogP contribution in [0.15, 0.2) is 47.1 Å². The van der Waals surface area contributed by atoms with Gasteiger partial charge in [-0.2, -0.15) is 8.78 Å². The fraction of sp³-hybridized carbons (Fsp3) is 0.312. The van der Waals surface area contributed by atoms with Crippen LogP contribution in [0.2, 0.25) is 0 Å². The molecule has 0 aliphatic carbocycles. The third-order valence-corrected chi connectivity index (χ3v) is 2.92. The largest absolute Gasteiger partial charge is 0.467 e. The van der Waals surface area contributed by atoms with Crippen molar-refractivity contribution in [2.45, 2.75) is 19.6 Å². The lowest BCUT2D eigenvalue weighted by molar-refractivity contribution is -0.0498. The third kappa shape index (κ3) is 6.07. The van der Waals surface area contributed by atoms with Gasteiger partial charge in [0.1, 0.15) is 18.1 Å². The van der Waals surface area contributed by atoms with E-state index in [-0.39, 0.29) is 11.7 Å². The molecule has 0 unspecified atom stereocenters. The predicted molar refractivity (Wildman–Crippen MR) is 78.4 cm³/mol. The van der Waals surface area contributed by atoms with Gasteiger partial charge in [-0.05, 0) is 42.8 Å². The van der Waals surface area contributed by atoms with Crippen LogP contribution in [0, 0.1) is 0 Å². The van der Waals surface area contributed by atoms with Crippen molar-refractivity contribution in [1.29, 1.82) is 0 Å². The zero-order chi connectivity index (χ0) is 16.5. The molecule has 0 saturated heterocycles. The summed E-state index contributed by atoms with van der Waals surface area (Å²) in [6.45, 7) is -1.54. The maximum Gasteiger partial charge on any atom is 0.387 e. The van der Waals surface area contributed by atoms with Crippen LogP contribution in [0.3, 0.4) is 0 Å². The molecule has 0 saturated carbocycles. The number of furan rings is 1. The van der Waals surface area contributed by atoms with E-state index < -0.39 is 6.61 Å². The van der Waals surface area contributed by atoms with Crippen molar-refractivity contribution >= 4 is 5.91 Å². The van der Waals surface area contributed by atoms with Crippen LogP contribution in [-0.4, -0.2) is 25.7 Å². The Morgan fingerprint density at radius 2 is 2.00 bits per heavy atom. The highest BCUT2D eigenvalue weighted by molar-refractivity contribution is 5.94. The van der Waals surface area contributed by atoms with Gasteiger partial charge < -0.3 is 19.2 Å². The Labute approximate surface area is 132 Å². The first-order chi connectivity index (χ1) is 11.1. The minimum atomic E-state index is -2.88. The van der Waals surface area contributed by atoms with Gasteiger partial charge in [0.2, 0.25) is 0 Å². The molecule has 0 spiro atoms. The van der Waals surface area contributed by atoms with E-state index in [1.807, 2.05) is 6.07 Å². The third-order valence-electron chi connectivity index (χ3n) is 2.92. The summed E-state index contributed by atoms with van der Waals surface area (Å²) in [6.07, 6.45) is 2.23. The number of hydrogen-bond acceptors (Lipinski definition) is 4. The van der Waals surface area contributed by atoms with E-state index in [0.29, 0.717) is 31.7 Å². The predicted octanol–water partition coefficient (Wildman–Crippen LogP) is 3.22. The lowest BCUT2D eigenvalue weighted by Crippen LogP contribution is -2.25. The number of amides is 1. The van der Waals surface area contributed by atoms with Gasteiger partial charge in [0.25, 0.3) is 5.91 Å². The second kappa shape index (κ2) is 8.89. The molecule has 124 valence electrons. The zero-order valence-electron chi connectivity index (χ0n) is 12.3. The first kappa shape index (κ1) is 17.0.